The van der Waals surface area contributed by atoms with Crippen molar-refractivity contribution in [1.29, 1.82) is 0 Å². The minimum atomic E-state index is -5.98. The van der Waals surface area contributed by atoms with Gasteiger partial charge >= 0.3 is 15.5 Å². The number of halogens is 5. The van der Waals surface area contributed by atoms with Crippen molar-refractivity contribution in [2.75, 3.05) is 6.26 Å². The van der Waals surface area contributed by atoms with Gasteiger partial charge in [-0.05, 0) is 35.4 Å². The summed E-state index contributed by atoms with van der Waals surface area (Å²) in [5.41, 5.74) is -5.01. The molecule has 0 fully saturated rings. The molecule has 3 aromatic heterocycles. The van der Waals surface area contributed by atoms with Crippen molar-refractivity contribution in [3.05, 3.63) is 94.7 Å². The number of benzene rings is 3. The Bertz CT molecular complexity index is 2370. The largest absolute Gasteiger partial charge is 0.518 e. The second-order valence-electron chi connectivity index (χ2n) is 10.0. The molecule has 0 radical (unpaired) electrons. The number of carbonyl (C=O) groups is 1. The number of hydrogen-bond acceptors (Lipinski definition) is 9. The first-order chi connectivity index (χ1) is 21.9. The Morgan fingerprint density at radius 2 is 1.76 bits per heavy atom. The van der Waals surface area contributed by atoms with Crippen molar-refractivity contribution in [1.82, 2.24) is 24.1 Å². The lowest BCUT2D eigenvalue weighted by Crippen LogP contribution is -2.30. The number of carbonyl (C=O) groups excluding carboxylic acids is 1. The molecule has 0 saturated heterocycles. The average molecular weight is 686 g/mol. The molecule has 0 saturated carbocycles. The van der Waals surface area contributed by atoms with Gasteiger partial charge in [0.1, 0.15) is 18.1 Å². The molecule has 232 valence electrons. The molecule has 0 spiro atoms. The van der Waals surface area contributed by atoms with E-state index in [0.29, 0.717) is 5.56 Å². The fraction of sp³-hybridized carbons (Fsp3) is 0.100. The standard InChI is InChI=1S/C30H16ClF4N5O4S2/c1-45-29-38-26-23(28(39-29)44-13-14-5-3-2-4-6-14)16-9-10-36-25(22(16)27(26)41)21-17-12-37-40(46(42,43)30(33,34)35)19(17)11-15-7-8-18(32)24(31)20(15)21/h2-12H,13H2,1H3. The van der Waals surface area contributed by atoms with Crippen molar-refractivity contribution in [2.45, 2.75) is 17.3 Å². The highest BCUT2D eigenvalue weighted by molar-refractivity contribution is 7.98. The Morgan fingerprint density at radius 3 is 2.48 bits per heavy atom. The van der Waals surface area contributed by atoms with Crippen molar-refractivity contribution >= 4 is 60.8 Å². The van der Waals surface area contributed by atoms with Crippen LogP contribution in [0.15, 0.2) is 72.1 Å². The van der Waals surface area contributed by atoms with Crippen molar-refractivity contribution in [2.24, 2.45) is 0 Å². The minimum Gasteiger partial charge on any atom is -0.472 e. The third-order valence-electron chi connectivity index (χ3n) is 7.39. The molecule has 9 nitrogen and oxygen atoms in total. The number of ketones is 1. The number of alkyl halides is 3. The Balaban J connectivity index is 1.52. The lowest BCUT2D eigenvalue weighted by molar-refractivity contribution is -0.0448. The molecule has 1 aliphatic rings. The molecule has 0 atom stereocenters. The Hall–Kier alpha value is -4.60. The fourth-order valence-corrected chi connectivity index (χ4v) is 6.78. The van der Waals surface area contributed by atoms with Crippen LogP contribution >= 0.6 is 23.4 Å². The van der Waals surface area contributed by atoms with E-state index in [2.05, 4.69) is 20.1 Å². The van der Waals surface area contributed by atoms with Crippen LogP contribution in [0, 0.1) is 5.82 Å². The van der Waals surface area contributed by atoms with Crippen LogP contribution in [0.25, 0.3) is 44.1 Å². The molecule has 0 N–H and O–H groups in total. The van der Waals surface area contributed by atoms with Crippen LogP contribution in [0.2, 0.25) is 5.02 Å². The first-order valence-electron chi connectivity index (χ1n) is 13.2. The number of nitrogens with zero attached hydrogens (tertiary/aromatic N) is 5. The van der Waals surface area contributed by atoms with E-state index >= 15 is 0 Å². The zero-order valence-electron chi connectivity index (χ0n) is 23.1. The molecule has 0 aliphatic heterocycles. The van der Waals surface area contributed by atoms with E-state index in [9.17, 15) is 30.8 Å². The normalized spacial score (nSPS) is 13.0. The molecule has 0 bridgehead atoms. The maximum atomic E-state index is 14.9. The van der Waals surface area contributed by atoms with Crippen molar-refractivity contribution in [3.63, 3.8) is 0 Å². The smallest absolute Gasteiger partial charge is 0.472 e. The van der Waals surface area contributed by atoms with Gasteiger partial charge in [0.2, 0.25) is 11.7 Å². The predicted octanol–water partition coefficient (Wildman–Crippen LogP) is 7.04. The number of thioether (sulfide) groups is 1. The number of rotatable bonds is 6. The summed E-state index contributed by atoms with van der Waals surface area (Å²) < 4.78 is 86.7. The summed E-state index contributed by atoms with van der Waals surface area (Å²) in [4.78, 5) is 27.5. The van der Waals surface area contributed by atoms with Gasteiger partial charge in [-0.1, -0.05) is 59.8 Å². The van der Waals surface area contributed by atoms with Crippen molar-refractivity contribution in [3.8, 4) is 28.3 Å². The number of hydrogen-bond donors (Lipinski definition) is 0. The summed E-state index contributed by atoms with van der Waals surface area (Å²) in [5.74, 6) is -1.36. The lowest BCUT2D eigenvalue weighted by atomic mass is 9.93. The highest BCUT2D eigenvalue weighted by Gasteiger charge is 2.49. The van der Waals surface area contributed by atoms with Crippen LogP contribution in [-0.2, 0) is 16.6 Å². The van der Waals surface area contributed by atoms with Gasteiger partial charge in [-0.25, -0.2) is 9.37 Å². The Morgan fingerprint density at radius 1 is 1.00 bits per heavy atom. The van der Waals surface area contributed by atoms with Gasteiger partial charge in [0.15, 0.2) is 5.16 Å². The fourth-order valence-electron chi connectivity index (χ4n) is 5.38. The number of fused-ring (bicyclic) bond motifs is 5. The average Bonchev–Trinajstić information content (AvgIpc) is 3.60. The third kappa shape index (κ3) is 4.52. The lowest BCUT2D eigenvalue weighted by Gasteiger charge is -2.15. The second kappa shape index (κ2) is 10.7. The van der Waals surface area contributed by atoms with E-state index in [-0.39, 0.29) is 66.0 Å². The zero-order chi connectivity index (χ0) is 32.5. The molecule has 3 aromatic carbocycles. The highest BCUT2D eigenvalue weighted by Crippen LogP contribution is 2.48. The van der Waals surface area contributed by atoms with Crippen LogP contribution in [0.1, 0.15) is 21.6 Å². The molecular weight excluding hydrogens is 670 g/mol. The van der Waals surface area contributed by atoms with E-state index in [4.69, 9.17) is 16.3 Å². The van der Waals surface area contributed by atoms with E-state index < -0.39 is 37.7 Å². The van der Waals surface area contributed by atoms with Gasteiger partial charge in [0.25, 0.3) is 0 Å². The molecule has 6 aromatic rings. The van der Waals surface area contributed by atoms with E-state index in [1.54, 1.807) is 6.26 Å². The summed E-state index contributed by atoms with van der Waals surface area (Å²) in [7, 11) is -5.98. The van der Waals surface area contributed by atoms with E-state index in [0.717, 1.165) is 23.9 Å². The third-order valence-corrected chi connectivity index (χ3v) is 9.64. The summed E-state index contributed by atoms with van der Waals surface area (Å²) in [5, 5.41) is 3.27. The molecule has 0 amide bonds. The molecule has 1 aliphatic carbocycles. The molecule has 46 heavy (non-hydrogen) atoms. The maximum Gasteiger partial charge on any atom is 0.518 e. The summed E-state index contributed by atoms with van der Waals surface area (Å²) in [6.07, 6.45) is 3.94. The SMILES string of the molecule is CSc1nc(OCc2ccccc2)c2c(n1)C(=O)c1c-2ccnc1-c1c2cnn(S(=O)(=O)C(F)(F)F)c2cc2ccc(F)c(Cl)c12. The zero-order valence-corrected chi connectivity index (χ0v) is 25.5. The molecule has 0 unspecified atom stereocenters. The number of pyridine rings is 1. The summed E-state index contributed by atoms with van der Waals surface area (Å²) >= 11 is 7.61. The van der Waals surface area contributed by atoms with Gasteiger partial charge in [0.05, 0.1) is 33.6 Å². The topological polar surface area (TPSA) is 117 Å². The molecular formula is C30H16ClF4N5O4S2. The monoisotopic (exact) mass is 685 g/mol. The second-order valence-corrected chi connectivity index (χ2v) is 12.9. The first-order valence-corrected chi connectivity index (χ1v) is 16.2. The first kappa shape index (κ1) is 30.1. The van der Waals surface area contributed by atoms with Gasteiger partial charge in [0, 0.05) is 28.1 Å². The van der Waals surface area contributed by atoms with Gasteiger partial charge in [-0.3, -0.25) is 9.78 Å². The summed E-state index contributed by atoms with van der Waals surface area (Å²) in [6, 6.07) is 14.1. The minimum absolute atomic E-state index is 0.00392. The van der Waals surface area contributed by atoms with Gasteiger partial charge in [-0.15, -0.1) is 4.09 Å². The van der Waals surface area contributed by atoms with Crippen LogP contribution in [-0.4, -0.2) is 50.1 Å². The Kier molecular flexibility index (Phi) is 7.02. The predicted molar refractivity (Wildman–Crippen MR) is 163 cm³/mol. The quantitative estimate of drug-likeness (QED) is 0.103. The summed E-state index contributed by atoms with van der Waals surface area (Å²) in [6.45, 7) is 0.116. The van der Waals surface area contributed by atoms with Gasteiger partial charge in [-0.2, -0.15) is 31.7 Å². The molecule has 3 heterocycles. The van der Waals surface area contributed by atoms with Gasteiger partial charge < -0.3 is 4.74 Å². The maximum absolute atomic E-state index is 14.9. The van der Waals surface area contributed by atoms with E-state index in [1.165, 1.54) is 30.1 Å². The van der Waals surface area contributed by atoms with Crippen molar-refractivity contribution < 1.29 is 35.5 Å². The molecule has 7 rings (SSSR count). The molecule has 16 heteroatoms. The number of aromatic nitrogens is 5. The number of ether oxygens (including phenoxy) is 1. The highest BCUT2D eigenvalue weighted by atomic mass is 35.5. The van der Waals surface area contributed by atoms with E-state index in [1.807, 2.05) is 30.3 Å². The van der Waals surface area contributed by atoms with Crippen LogP contribution in [0.3, 0.4) is 0 Å². The van der Waals surface area contributed by atoms with Crippen LogP contribution in [0.4, 0.5) is 17.6 Å². The van der Waals surface area contributed by atoms with Crippen LogP contribution < -0.4 is 4.74 Å². The Labute approximate surface area is 266 Å². The van der Waals surface area contributed by atoms with Crippen LogP contribution in [0.5, 0.6) is 5.88 Å².